The van der Waals surface area contributed by atoms with Crippen molar-refractivity contribution < 1.29 is 4.79 Å². The molecule has 2 aliphatic rings. The maximum Gasteiger partial charge on any atom is 0.266 e. The van der Waals surface area contributed by atoms with Crippen molar-refractivity contribution in [3.8, 4) is 0 Å². The van der Waals surface area contributed by atoms with E-state index in [4.69, 9.17) is 12.2 Å². The molecule has 0 saturated carbocycles. The maximum absolute atomic E-state index is 12.3. The van der Waals surface area contributed by atoms with Crippen LogP contribution in [0, 0.1) is 0 Å². The quantitative estimate of drug-likeness (QED) is 0.467. The molecule has 2 aliphatic heterocycles. The molecule has 23 heavy (non-hydrogen) atoms. The first kappa shape index (κ1) is 16.3. The predicted molar refractivity (Wildman–Crippen MR) is 103 cm³/mol. The van der Waals surface area contributed by atoms with E-state index in [2.05, 4.69) is 35.7 Å². The summed E-state index contributed by atoms with van der Waals surface area (Å²) in [5, 5.41) is 0. The monoisotopic (exact) mass is 344 g/mol. The Morgan fingerprint density at radius 1 is 1.17 bits per heavy atom. The van der Waals surface area contributed by atoms with Gasteiger partial charge in [0.25, 0.3) is 5.91 Å². The Hall–Kier alpha value is -1.59. The van der Waals surface area contributed by atoms with E-state index in [-0.39, 0.29) is 5.91 Å². The summed E-state index contributed by atoms with van der Waals surface area (Å²) in [6.45, 7) is 6.41. The van der Waals surface area contributed by atoms with Crippen molar-refractivity contribution in [2.24, 2.45) is 0 Å². The van der Waals surface area contributed by atoms with E-state index in [9.17, 15) is 4.79 Å². The van der Waals surface area contributed by atoms with Gasteiger partial charge in [0.05, 0.1) is 4.91 Å². The normalized spacial score (nSPS) is 20.4. The standard InChI is InChI=1S/C18H20N2OS2/c1-2-10-20-17(21)16(23-18(20)22)13-14-6-8-15(9-7-14)19-11-4-3-5-12-19/h2,6-9,13H,1,3-5,10-12H2/b16-13+. The van der Waals surface area contributed by atoms with Crippen LogP contribution in [0.4, 0.5) is 5.69 Å². The second-order valence-electron chi connectivity index (χ2n) is 5.72. The van der Waals surface area contributed by atoms with Gasteiger partial charge in [0, 0.05) is 25.3 Å². The molecule has 1 amide bonds. The van der Waals surface area contributed by atoms with Crippen LogP contribution >= 0.6 is 24.0 Å². The molecular weight excluding hydrogens is 324 g/mol. The lowest BCUT2D eigenvalue weighted by Gasteiger charge is -2.28. The molecule has 2 saturated heterocycles. The largest absolute Gasteiger partial charge is 0.372 e. The predicted octanol–water partition coefficient (Wildman–Crippen LogP) is 4.06. The molecular formula is C18H20N2OS2. The number of hydrogen-bond acceptors (Lipinski definition) is 4. The van der Waals surface area contributed by atoms with Crippen molar-refractivity contribution in [1.82, 2.24) is 4.90 Å². The van der Waals surface area contributed by atoms with E-state index in [0.29, 0.717) is 15.8 Å². The molecule has 3 nitrogen and oxygen atoms in total. The second kappa shape index (κ2) is 7.32. The van der Waals surface area contributed by atoms with Gasteiger partial charge in [-0.15, -0.1) is 6.58 Å². The Morgan fingerprint density at radius 3 is 2.52 bits per heavy atom. The molecule has 5 heteroatoms. The Bertz CT molecular complexity index is 645. The van der Waals surface area contributed by atoms with Gasteiger partial charge in [-0.25, -0.2) is 0 Å². The summed E-state index contributed by atoms with van der Waals surface area (Å²) in [7, 11) is 0. The number of piperidine rings is 1. The summed E-state index contributed by atoms with van der Waals surface area (Å²) in [5.41, 5.74) is 2.30. The average Bonchev–Trinajstić information content (AvgIpc) is 2.84. The third-order valence-electron chi connectivity index (χ3n) is 4.10. The lowest BCUT2D eigenvalue weighted by molar-refractivity contribution is -0.121. The Kier molecular flexibility index (Phi) is 5.18. The maximum atomic E-state index is 12.3. The Labute approximate surface area is 147 Å². The van der Waals surface area contributed by atoms with Gasteiger partial charge in [0.2, 0.25) is 0 Å². The van der Waals surface area contributed by atoms with Crippen LogP contribution < -0.4 is 4.90 Å². The minimum Gasteiger partial charge on any atom is -0.372 e. The smallest absolute Gasteiger partial charge is 0.266 e. The van der Waals surface area contributed by atoms with Gasteiger partial charge in [-0.1, -0.05) is 42.2 Å². The summed E-state index contributed by atoms with van der Waals surface area (Å²) in [5.74, 6) is -0.0278. The fraction of sp³-hybridized carbons (Fsp3) is 0.333. The van der Waals surface area contributed by atoms with Gasteiger partial charge in [0.1, 0.15) is 4.32 Å². The van der Waals surface area contributed by atoms with Crippen molar-refractivity contribution in [2.75, 3.05) is 24.5 Å². The SMILES string of the molecule is C=CCN1C(=O)/C(=C\c2ccc(N3CCCCC3)cc2)SC1=S. The van der Waals surface area contributed by atoms with Crippen LogP contribution in [0.15, 0.2) is 41.8 Å². The first-order valence-electron chi connectivity index (χ1n) is 7.90. The van der Waals surface area contributed by atoms with Crippen LogP contribution in [0.1, 0.15) is 24.8 Å². The number of benzene rings is 1. The van der Waals surface area contributed by atoms with Crippen molar-refractivity contribution in [3.63, 3.8) is 0 Å². The van der Waals surface area contributed by atoms with Gasteiger partial charge in [0.15, 0.2) is 0 Å². The number of rotatable bonds is 4. The number of carbonyl (C=O) groups excluding carboxylic acids is 1. The molecule has 1 aromatic carbocycles. The fourth-order valence-electron chi connectivity index (χ4n) is 2.87. The lowest BCUT2D eigenvalue weighted by Crippen LogP contribution is -2.29. The van der Waals surface area contributed by atoms with Crippen LogP contribution in [0.25, 0.3) is 6.08 Å². The number of nitrogens with zero attached hydrogens (tertiary/aromatic N) is 2. The molecule has 0 aliphatic carbocycles. The average molecular weight is 345 g/mol. The molecule has 3 rings (SSSR count). The fourth-order valence-corrected chi connectivity index (χ4v) is 4.15. The van der Waals surface area contributed by atoms with E-state index in [1.807, 2.05) is 6.08 Å². The highest BCUT2D eigenvalue weighted by atomic mass is 32.2. The Morgan fingerprint density at radius 2 is 1.87 bits per heavy atom. The molecule has 0 bridgehead atoms. The van der Waals surface area contributed by atoms with E-state index in [1.165, 1.54) is 36.7 Å². The summed E-state index contributed by atoms with van der Waals surface area (Å²) in [4.78, 5) is 17.0. The summed E-state index contributed by atoms with van der Waals surface area (Å²) in [6.07, 6.45) is 7.49. The topological polar surface area (TPSA) is 23.6 Å². The van der Waals surface area contributed by atoms with Gasteiger partial charge in [-0.05, 0) is 43.0 Å². The molecule has 2 heterocycles. The summed E-state index contributed by atoms with van der Waals surface area (Å²) >= 11 is 6.61. The number of amides is 1. The van der Waals surface area contributed by atoms with Crippen LogP contribution in [0.5, 0.6) is 0 Å². The van der Waals surface area contributed by atoms with E-state index >= 15 is 0 Å². The third kappa shape index (κ3) is 3.67. The zero-order chi connectivity index (χ0) is 16.2. The van der Waals surface area contributed by atoms with Gasteiger partial charge in [-0.2, -0.15) is 0 Å². The van der Waals surface area contributed by atoms with Crippen molar-refractivity contribution in [3.05, 3.63) is 47.4 Å². The molecule has 0 unspecified atom stereocenters. The summed E-state index contributed by atoms with van der Waals surface area (Å²) < 4.78 is 0.603. The molecule has 0 radical (unpaired) electrons. The minimum atomic E-state index is -0.0278. The first-order valence-corrected chi connectivity index (χ1v) is 9.13. The van der Waals surface area contributed by atoms with Gasteiger partial charge < -0.3 is 4.90 Å². The third-order valence-corrected chi connectivity index (χ3v) is 5.48. The Balaban J connectivity index is 1.73. The van der Waals surface area contributed by atoms with Crippen molar-refractivity contribution >= 4 is 46.0 Å². The molecule has 0 spiro atoms. The first-order chi connectivity index (χ1) is 11.2. The van der Waals surface area contributed by atoms with Crippen LogP contribution in [0.2, 0.25) is 0 Å². The highest BCUT2D eigenvalue weighted by Gasteiger charge is 2.30. The van der Waals surface area contributed by atoms with Gasteiger partial charge >= 0.3 is 0 Å². The minimum absolute atomic E-state index is 0.0278. The number of thioether (sulfide) groups is 1. The highest BCUT2D eigenvalue weighted by Crippen LogP contribution is 2.32. The number of thiocarbonyl (C=S) groups is 1. The van der Waals surface area contributed by atoms with Crippen LogP contribution in [-0.4, -0.2) is 34.8 Å². The van der Waals surface area contributed by atoms with Crippen LogP contribution in [0.3, 0.4) is 0 Å². The van der Waals surface area contributed by atoms with Gasteiger partial charge in [-0.3, -0.25) is 9.69 Å². The number of anilines is 1. The molecule has 2 fully saturated rings. The molecule has 0 aromatic heterocycles. The highest BCUT2D eigenvalue weighted by molar-refractivity contribution is 8.26. The zero-order valence-corrected chi connectivity index (χ0v) is 14.7. The number of hydrogen-bond donors (Lipinski definition) is 0. The molecule has 120 valence electrons. The zero-order valence-electron chi connectivity index (χ0n) is 13.0. The summed E-state index contributed by atoms with van der Waals surface area (Å²) in [6, 6.07) is 8.43. The number of carbonyl (C=O) groups is 1. The van der Waals surface area contributed by atoms with Crippen LogP contribution in [-0.2, 0) is 4.79 Å². The lowest BCUT2D eigenvalue weighted by atomic mass is 10.1. The van der Waals surface area contributed by atoms with E-state index in [1.54, 1.807) is 11.0 Å². The second-order valence-corrected chi connectivity index (χ2v) is 7.40. The molecule has 0 N–H and O–H groups in total. The molecule has 0 atom stereocenters. The molecule has 1 aromatic rings. The van der Waals surface area contributed by atoms with Crippen molar-refractivity contribution in [1.29, 1.82) is 0 Å². The van der Waals surface area contributed by atoms with E-state index < -0.39 is 0 Å². The van der Waals surface area contributed by atoms with Crippen molar-refractivity contribution in [2.45, 2.75) is 19.3 Å². The van der Waals surface area contributed by atoms with E-state index in [0.717, 1.165) is 18.7 Å².